The van der Waals surface area contributed by atoms with Crippen molar-refractivity contribution in [1.82, 2.24) is 4.90 Å². The monoisotopic (exact) mass is 321 g/mol. The average Bonchev–Trinajstić information content (AvgIpc) is 3.03. The summed E-state index contributed by atoms with van der Waals surface area (Å²) in [4.78, 5) is 14.1. The molecule has 1 amide bonds. The van der Waals surface area contributed by atoms with Crippen LogP contribution in [0.2, 0.25) is 0 Å². The first kappa shape index (κ1) is 15.7. The van der Waals surface area contributed by atoms with Crippen LogP contribution >= 0.6 is 0 Å². The molecule has 0 spiro atoms. The van der Waals surface area contributed by atoms with E-state index in [1.165, 1.54) is 4.90 Å². The Hall–Kier alpha value is -2.21. The highest BCUT2D eigenvalue weighted by Crippen LogP contribution is 2.35. The minimum Gasteiger partial charge on any atom is -0.466 e. The predicted molar refractivity (Wildman–Crippen MR) is 78.9 cm³/mol. The third-order valence-corrected chi connectivity index (χ3v) is 4.13. The maximum Gasteiger partial charge on any atom is 0.258 e. The highest BCUT2D eigenvalue weighted by Gasteiger charge is 2.38. The van der Waals surface area contributed by atoms with Gasteiger partial charge in [0.05, 0.1) is 17.7 Å². The Morgan fingerprint density at radius 3 is 2.70 bits per heavy atom. The average molecular weight is 321 g/mol. The molecular formula is C17H17F2NO3. The van der Waals surface area contributed by atoms with Gasteiger partial charge < -0.3 is 14.4 Å². The van der Waals surface area contributed by atoms with Crippen LogP contribution < -0.4 is 0 Å². The lowest BCUT2D eigenvalue weighted by atomic mass is 10.0. The Morgan fingerprint density at radius 2 is 2.04 bits per heavy atom. The molecule has 1 aliphatic heterocycles. The Kier molecular flexibility index (Phi) is 3.93. The maximum atomic E-state index is 14.1. The normalized spacial score (nSPS) is 21.0. The molecule has 4 nitrogen and oxygen atoms in total. The van der Waals surface area contributed by atoms with Crippen LogP contribution in [0.25, 0.3) is 0 Å². The van der Waals surface area contributed by atoms with E-state index in [2.05, 4.69) is 0 Å². The van der Waals surface area contributed by atoms with Crippen molar-refractivity contribution in [2.75, 3.05) is 6.54 Å². The Labute approximate surface area is 132 Å². The lowest BCUT2D eigenvalue weighted by Crippen LogP contribution is -2.32. The molecule has 6 heteroatoms. The number of aryl methyl sites for hydroxylation is 2. The van der Waals surface area contributed by atoms with Crippen molar-refractivity contribution in [3.8, 4) is 0 Å². The van der Waals surface area contributed by atoms with Crippen molar-refractivity contribution < 1.29 is 23.1 Å². The summed E-state index contributed by atoms with van der Waals surface area (Å²) in [6.45, 7) is 3.47. The van der Waals surface area contributed by atoms with E-state index in [1.807, 2.05) is 0 Å². The lowest BCUT2D eigenvalue weighted by Gasteiger charge is -2.25. The molecule has 1 aliphatic rings. The molecule has 2 unspecified atom stereocenters. The molecule has 1 saturated heterocycles. The van der Waals surface area contributed by atoms with Gasteiger partial charge in [0.15, 0.2) is 0 Å². The Balaban J connectivity index is 1.98. The van der Waals surface area contributed by atoms with Crippen LogP contribution in [-0.2, 0) is 0 Å². The quantitative estimate of drug-likeness (QED) is 0.924. The van der Waals surface area contributed by atoms with Crippen LogP contribution in [0.15, 0.2) is 28.7 Å². The SMILES string of the molecule is Cc1cc(C(=O)N2CC(O)CC2c2cc(F)ccc2F)c(C)o1. The van der Waals surface area contributed by atoms with E-state index >= 15 is 0 Å². The standard InChI is InChI=1S/C17H17F2NO3/c1-9-5-13(10(2)23-9)17(22)20-8-12(21)7-16(20)14-6-11(18)3-4-15(14)19/h3-6,12,16,21H,7-8H2,1-2H3. The van der Waals surface area contributed by atoms with Crippen LogP contribution in [0.5, 0.6) is 0 Å². The minimum atomic E-state index is -0.778. The maximum absolute atomic E-state index is 14.1. The van der Waals surface area contributed by atoms with Crippen molar-refractivity contribution in [3.05, 3.63) is 58.5 Å². The fraction of sp³-hybridized carbons (Fsp3) is 0.353. The van der Waals surface area contributed by atoms with Crippen LogP contribution in [0.1, 0.15) is 39.9 Å². The lowest BCUT2D eigenvalue weighted by molar-refractivity contribution is 0.0712. The summed E-state index contributed by atoms with van der Waals surface area (Å²) in [5, 5.41) is 9.93. The molecule has 122 valence electrons. The van der Waals surface area contributed by atoms with E-state index in [0.29, 0.717) is 17.1 Å². The van der Waals surface area contributed by atoms with Gasteiger partial charge in [-0.15, -0.1) is 0 Å². The number of β-amino-alcohol motifs (C(OH)–C–C–N with tert-alkyl or cyclic N) is 1. The first-order chi connectivity index (χ1) is 10.9. The first-order valence-electron chi connectivity index (χ1n) is 7.38. The summed E-state index contributed by atoms with van der Waals surface area (Å²) in [5.41, 5.74) is 0.450. The van der Waals surface area contributed by atoms with E-state index in [0.717, 1.165) is 18.2 Å². The molecule has 2 heterocycles. The van der Waals surface area contributed by atoms with Crippen molar-refractivity contribution in [2.45, 2.75) is 32.4 Å². The summed E-state index contributed by atoms with van der Waals surface area (Å²) >= 11 is 0. The fourth-order valence-corrected chi connectivity index (χ4v) is 3.10. The second-order valence-electron chi connectivity index (χ2n) is 5.86. The van der Waals surface area contributed by atoms with Crippen molar-refractivity contribution >= 4 is 5.91 Å². The van der Waals surface area contributed by atoms with Gasteiger partial charge in [-0.05, 0) is 44.5 Å². The highest BCUT2D eigenvalue weighted by atomic mass is 19.1. The predicted octanol–water partition coefficient (Wildman–Crippen LogP) is 3.12. The molecule has 0 bridgehead atoms. The minimum absolute atomic E-state index is 0.0725. The summed E-state index contributed by atoms with van der Waals surface area (Å²) in [5.74, 6) is -0.468. The van der Waals surface area contributed by atoms with Crippen LogP contribution in [0.4, 0.5) is 8.78 Å². The van der Waals surface area contributed by atoms with Crippen molar-refractivity contribution in [3.63, 3.8) is 0 Å². The van der Waals surface area contributed by atoms with Gasteiger partial charge in [-0.2, -0.15) is 0 Å². The zero-order valence-corrected chi connectivity index (χ0v) is 12.8. The number of amides is 1. The molecule has 0 radical (unpaired) electrons. The van der Waals surface area contributed by atoms with E-state index in [-0.39, 0.29) is 24.4 Å². The zero-order valence-electron chi connectivity index (χ0n) is 12.8. The number of carbonyl (C=O) groups is 1. The molecule has 2 aromatic rings. The molecule has 1 fully saturated rings. The van der Waals surface area contributed by atoms with Gasteiger partial charge in [-0.3, -0.25) is 4.79 Å². The van der Waals surface area contributed by atoms with Gasteiger partial charge in [0.2, 0.25) is 0 Å². The second kappa shape index (κ2) is 5.77. The van der Waals surface area contributed by atoms with Crippen LogP contribution in [0.3, 0.4) is 0 Å². The van der Waals surface area contributed by atoms with Crippen molar-refractivity contribution in [2.24, 2.45) is 0 Å². The number of carbonyl (C=O) groups excluding carboxylic acids is 1. The van der Waals surface area contributed by atoms with Gasteiger partial charge >= 0.3 is 0 Å². The van der Waals surface area contributed by atoms with E-state index in [4.69, 9.17) is 4.42 Å². The second-order valence-corrected chi connectivity index (χ2v) is 5.86. The van der Waals surface area contributed by atoms with Gasteiger partial charge in [0, 0.05) is 12.1 Å². The van der Waals surface area contributed by atoms with Gasteiger partial charge in [-0.1, -0.05) is 0 Å². The molecule has 1 N–H and O–H groups in total. The van der Waals surface area contributed by atoms with Crippen LogP contribution in [0, 0.1) is 25.5 Å². The number of hydrogen-bond acceptors (Lipinski definition) is 3. The molecule has 1 aromatic carbocycles. The van der Waals surface area contributed by atoms with Gasteiger partial charge in [0.1, 0.15) is 23.2 Å². The molecular weight excluding hydrogens is 304 g/mol. The molecule has 23 heavy (non-hydrogen) atoms. The molecule has 1 aromatic heterocycles. The number of furan rings is 1. The third kappa shape index (κ3) is 2.86. The number of halogens is 2. The van der Waals surface area contributed by atoms with E-state index < -0.39 is 23.8 Å². The van der Waals surface area contributed by atoms with E-state index in [1.54, 1.807) is 19.9 Å². The largest absolute Gasteiger partial charge is 0.466 e. The fourth-order valence-electron chi connectivity index (χ4n) is 3.10. The zero-order chi connectivity index (χ0) is 16.7. The Bertz CT molecular complexity index is 756. The van der Waals surface area contributed by atoms with Crippen LogP contribution in [-0.4, -0.2) is 28.6 Å². The van der Waals surface area contributed by atoms with Gasteiger partial charge in [-0.25, -0.2) is 8.78 Å². The first-order valence-corrected chi connectivity index (χ1v) is 7.38. The molecule has 2 atom stereocenters. The number of rotatable bonds is 2. The number of aliphatic hydroxyl groups excluding tert-OH is 1. The molecule has 0 aliphatic carbocycles. The smallest absolute Gasteiger partial charge is 0.258 e. The number of aliphatic hydroxyl groups is 1. The molecule has 0 saturated carbocycles. The summed E-state index contributed by atoms with van der Waals surface area (Å²) in [7, 11) is 0. The summed E-state index contributed by atoms with van der Waals surface area (Å²) in [6.07, 6.45) is -0.609. The number of hydrogen-bond donors (Lipinski definition) is 1. The summed E-state index contributed by atoms with van der Waals surface area (Å²) < 4.78 is 32.9. The summed E-state index contributed by atoms with van der Waals surface area (Å²) in [6, 6.07) is 4.04. The number of benzene rings is 1. The van der Waals surface area contributed by atoms with E-state index in [9.17, 15) is 18.7 Å². The van der Waals surface area contributed by atoms with Gasteiger partial charge in [0.25, 0.3) is 5.91 Å². The topological polar surface area (TPSA) is 53.7 Å². The molecule has 3 rings (SSSR count). The number of nitrogens with zero attached hydrogens (tertiary/aromatic N) is 1. The third-order valence-electron chi connectivity index (χ3n) is 4.13. The van der Waals surface area contributed by atoms with Crippen molar-refractivity contribution in [1.29, 1.82) is 0 Å². The highest BCUT2D eigenvalue weighted by molar-refractivity contribution is 5.95. The number of likely N-dealkylation sites (tertiary alicyclic amines) is 1. The Morgan fingerprint density at radius 1 is 1.30 bits per heavy atom.